The zero-order valence-corrected chi connectivity index (χ0v) is 13.2. The molecule has 0 aliphatic heterocycles. The van der Waals surface area contributed by atoms with Crippen LogP contribution in [0.1, 0.15) is 66.2 Å². The second-order valence-electron chi connectivity index (χ2n) is 8.24. The number of allylic oxidation sites excluding steroid dienone is 2. The highest BCUT2D eigenvalue weighted by atomic mass is 16.1. The van der Waals surface area contributed by atoms with Crippen molar-refractivity contribution >= 4 is 11.6 Å². The van der Waals surface area contributed by atoms with Gasteiger partial charge in [0.05, 0.1) is 0 Å². The predicted molar refractivity (Wildman–Crippen MR) is 79.3 cm³/mol. The van der Waals surface area contributed by atoms with Crippen LogP contribution in [0.25, 0.3) is 0 Å². The van der Waals surface area contributed by atoms with Crippen molar-refractivity contribution in [3.63, 3.8) is 0 Å². The van der Waals surface area contributed by atoms with Crippen LogP contribution in [0, 0.1) is 22.2 Å². The van der Waals surface area contributed by atoms with Crippen molar-refractivity contribution < 1.29 is 9.59 Å². The van der Waals surface area contributed by atoms with Gasteiger partial charge in [-0.15, -0.1) is 0 Å². The molecule has 2 heteroatoms. The van der Waals surface area contributed by atoms with Gasteiger partial charge < -0.3 is 0 Å². The SMILES string of the molecule is CC1(C)C(=O)CC[C@]2(C)C3=CC(=O)CC[C@]3(C)CCC12. The van der Waals surface area contributed by atoms with Crippen LogP contribution >= 0.6 is 0 Å². The molecule has 110 valence electrons. The minimum absolute atomic E-state index is 0.0422. The molecule has 0 aromatic rings. The molecule has 0 aromatic heterocycles. The maximum atomic E-state index is 12.3. The van der Waals surface area contributed by atoms with Gasteiger partial charge in [-0.3, -0.25) is 9.59 Å². The monoisotopic (exact) mass is 274 g/mol. The molecule has 20 heavy (non-hydrogen) atoms. The van der Waals surface area contributed by atoms with E-state index in [1.807, 2.05) is 6.08 Å². The summed E-state index contributed by atoms with van der Waals surface area (Å²) in [4.78, 5) is 24.3. The fourth-order valence-corrected chi connectivity index (χ4v) is 5.38. The molecule has 3 rings (SSSR count). The van der Waals surface area contributed by atoms with E-state index in [0.29, 0.717) is 24.5 Å². The topological polar surface area (TPSA) is 34.1 Å². The fourth-order valence-electron chi connectivity index (χ4n) is 5.38. The largest absolute Gasteiger partial charge is 0.299 e. The van der Waals surface area contributed by atoms with Crippen molar-refractivity contribution in [2.24, 2.45) is 22.2 Å². The minimum atomic E-state index is -0.240. The van der Waals surface area contributed by atoms with Gasteiger partial charge >= 0.3 is 0 Å². The second kappa shape index (κ2) is 4.05. The molecule has 2 fully saturated rings. The third-order valence-corrected chi connectivity index (χ3v) is 6.71. The van der Waals surface area contributed by atoms with Crippen molar-refractivity contribution in [3.05, 3.63) is 11.6 Å². The van der Waals surface area contributed by atoms with Crippen molar-refractivity contribution in [1.29, 1.82) is 0 Å². The molecule has 1 unspecified atom stereocenters. The molecule has 3 atom stereocenters. The highest BCUT2D eigenvalue weighted by molar-refractivity contribution is 5.92. The summed E-state index contributed by atoms with van der Waals surface area (Å²) < 4.78 is 0. The number of hydrogen-bond acceptors (Lipinski definition) is 2. The van der Waals surface area contributed by atoms with E-state index in [1.165, 1.54) is 5.57 Å². The first-order valence-corrected chi connectivity index (χ1v) is 7.99. The van der Waals surface area contributed by atoms with E-state index in [0.717, 1.165) is 25.7 Å². The molecule has 0 heterocycles. The van der Waals surface area contributed by atoms with Crippen molar-refractivity contribution in [3.8, 4) is 0 Å². The standard InChI is InChI=1S/C18H26O2/c1-16(2)13-6-9-17(3)8-5-12(19)11-14(17)18(13,4)10-7-15(16)20/h11,13H,5-10H2,1-4H3/t13?,17-,18+/m1/s1. The summed E-state index contributed by atoms with van der Waals surface area (Å²) in [6.45, 7) is 8.88. The molecule has 2 nitrogen and oxygen atoms in total. The second-order valence-corrected chi connectivity index (χ2v) is 8.24. The average Bonchev–Trinajstić information content (AvgIpc) is 2.37. The number of ketones is 2. The summed E-state index contributed by atoms with van der Waals surface area (Å²) in [5.74, 6) is 1.09. The normalized spacial score (nSPS) is 43.6. The van der Waals surface area contributed by atoms with Gasteiger partial charge in [-0.2, -0.15) is 0 Å². The van der Waals surface area contributed by atoms with Crippen LogP contribution in [0.3, 0.4) is 0 Å². The van der Waals surface area contributed by atoms with E-state index in [-0.39, 0.29) is 22.0 Å². The first-order valence-electron chi connectivity index (χ1n) is 7.99. The zero-order chi connectivity index (χ0) is 14.8. The molecular formula is C18H26O2. The molecule has 0 spiro atoms. The number of fused-ring (bicyclic) bond motifs is 3. The summed E-state index contributed by atoms with van der Waals surface area (Å²) >= 11 is 0. The predicted octanol–water partition coefficient (Wildman–Crippen LogP) is 4.09. The Morgan fingerprint density at radius 3 is 2.40 bits per heavy atom. The van der Waals surface area contributed by atoms with E-state index in [2.05, 4.69) is 27.7 Å². The van der Waals surface area contributed by atoms with Gasteiger partial charge in [-0.25, -0.2) is 0 Å². The fraction of sp³-hybridized carbons (Fsp3) is 0.778. The van der Waals surface area contributed by atoms with E-state index in [4.69, 9.17) is 0 Å². The van der Waals surface area contributed by atoms with E-state index >= 15 is 0 Å². The van der Waals surface area contributed by atoms with Crippen LogP contribution in [0.2, 0.25) is 0 Å². The first-order chi connectivity index (χ1) is 9.20. The van der Waals surface area contributed by atoms with Crippen LogP contribution in [-0.4, -0.2) is 11.6 Å². The summed E-state index contributed by atoms with van der Waals surface area (Å²) in [5, 5.41) is 0. The summed E-state index contributed by atoms with van der Waals surface area (Å²) in [7, 11) is 0. The number of Topliss-reactive ketones (excluding diaryl/α,β-unsaturated/α-hetero) is 1. The maximum absolute atomic E-state index is 12.3. The van der Waals surface area contributed by atoms with Gasteiger partial charge in [0.15, 0.2) is 5.78 Å². The molecule has 0 saturated heterocycles. The number of rotatable bonds is 0. The maximum Gasteiger partial charge on any atom is 0.155 e. The Balaban J connectivity index is 2.11. The van der Waals surface area contributed by atoms with Crippen molar-refractivity contribution in [2.75, 3.05) is 0 Å². The van der Waals surface area contributed by atoms with Gasteiger partial charge in [0.1, 0.15) is 5.78 Å². The van der Waals surface area contributed by atoms with Gasteiger partial charge in [0.25, 0.3) is 0 Å². The van der Waals surface area contributed by atoms with Crippen LogP contribution in [-0.2, 0) is 9.59 Å². The molecule has 0 radical (unpaired) electrons. The van der Waals surface area contributed by atoms with Crippen molar-refractivity contribution in [2.45, 2.75) is 66.2 Å². The minimum Gasteiger partial charge on any atom is -0.299 e. The average molecular weight is 274 g/mol. The van der Waals surface area contributed by atoms with Crippen LogP contribution in [0.4, 0.5) is 0 Å². The zero-order valence-electron chi connectivity index (χ0n) is 13.2. The van der Waals surface area contributed by atoms with Gasteiger partial charge in [0.2, 0.25) is 0 Å². The van der Waals surface area contributed by atoms with Crippen molar-refractivity contribution in [1.82, 2.24) is 0 Å². The third kappa shape index (κ3) is 1.69. The Hall–Kier alpha value is -0.920. The summed E-state index contributed by atoms with van der Waals surface area (Å²) in [5.41, 5.74) is 1.35. The molecule has 0 aromatic carbocycles. The highest BCUT2D eigenvalue weighted by Crippen LogP contribution is 2.64. The van der Waals surface area contributed by atoms with E-state index < -0.39 is 0 Å². The molecule has 3 aliphatic rings. The number of carbonyl (C=O) groups excluding carboxylic acids is 2. The van der Waals surface area contributed by atoms with Crippen LogP contribution in [0.5, 0.6) is 0 Å². The molecular weight excluding hydrogens is 248 g/mol. The smallest absolute Gasteiger partial charge is 0.155 e. The first kappa shape index (κ1) is 14.0. The van der Waals surface area contributed by atoms with E-state index in [1.54, 1.807) is 0 Å². The van der Waals surface area contributed by atoms with Gasteiger partial charge in [-0.1, -0.05) is 33.3 Å². The summed E-state index contributed by atoms with van der Waals surface area (Å²) in [6, 6.07) is 0. The summed E-state index contributed by atoms with van der Waals surface area (Å²) in [6.07, 6.45) is 7.48. The lowest BCUT2D eigenvalue weighted by atomic mass is 9.44. The lowest BCUT2D eigenvalue weighted by molar-refractivity contribution is -0.141. The van der Waals surface area contributed by atoms with Gasteiger partial charge in [-0.05, 0) is 48.5 Å². The van der Waals surface area contributed by atoms with E-state index in [9.17, 15) is 9.59 Å². The number of hydrogen-bond donors (Lipinski definition) is 0. The Bertz CT molecular complexity index is 514. The third-order valence-electron chi connectivity index (χ3n) is 6.71. The number of carbonyl (C=O) groups is 2. The Morgan fingerprint density at radius 1 is 1.00 bits per heavy atom. The quantitative estimate of drug-likeness (QED) is 0.667. The van der Waals surface area contributed by atoms with Crippen LogP contribution < -0.4 is 0 Å². The van der Waals surface area contributed by atoms with Crippen LogP contribution in [0.15, 0.2) is 11.6 Å². The Kier molecular flexibility index (Phi) is 2.84. The Morgan fingerprint density at radius 2 is 1.70 bits per heavy atom. The molecule has 0 amide bonds. The Labute approximate surface area is 122 Å². The lowest BCUT2D eigenvalue weighted by Gasteiger charge is -2.59. The molecule has 3 aliphatic carbocycles. The molecule has 0 N–H and O–H groups in total. The lowest BCUT2D eigenvalue weighted by Crippen LogP contribution is -2.54. The van der Waals surface area contributed by atoms with Gasteiger partial charge in [0, 0.05) is 18.3 Å². The highest BCUT2D eigenvalue weighted by Gasteiger charge is 2.58. The molecule has 0 bridgehead atoms. The molecule has 2 saturated carbocycles.